The van der Waals surface area contributed by atoms with Gasteiger partial charge < -0.3 is 9.84 Å². The van der Waals surface area contributed by atoms with Crippen molar-refractivity contribution in [1.82, 2.24) is 10.9 Å². The van der Waals surface area contributed by atoms with Crippen LogP contribution in [0.3, 0.4) is 0 Å². The molecule has 0 radical (unpaired) electrons. The van der Waals surface area contributed by atoms with E-state index in [1.54, 1.807) is 7.05 Å². The van der Waals surface area contributed by atoms with Gasteiger partial charge in [0.15, 0.2) is 6.23 Å². The van der Waals surface area contributed by atoms with Crippen molar-refractivity contribution in [3.63, 3.8) is 0 Å². The molecular formula is C11H15F3N2O2. The van der Waals surface area contributed by atoms with Crippen molar-refractivity contribution in [2.75, 3.05) is 7.05 Å². The van der Waals surface area contributed by atoms with Gasteiger partial charge in [0, 0.05) is 0 Å². The maximum absolute atomic E-state index is 12.5. The highest BCUT2D eigenvalue weighted by Crippen LogP contribution is 2.31. The zero-order valence-electron chi connectivity index (χ0n) is 9.95. The molecule has 1 aromatic carbocycles. The van der Waals surface area contributed by atoms with Crippen LogP contribution in [0.25, 0.3) is 0 Å². The van der Waals surface area contributed by atoms with Crippen molar-refractivity contribution in [3.05, 3.63) is 29.8 Å². The first-order valence-electron chi connectivity index (χ1n) is 5.29. The molecule has 7 heteroatoms. The molecule has 1 aromatic rings. The Labute approximate surface area is 103 Å². The molecule has 0 spiro atoms. The van der Waals surface area contributed by atoms with Crippen LogP contribution in [0.15, 0.2) is 24.3 Å². The molecule has 4 nitrogen and oxygen atoms in total. The SMILES string of the molecule is CNNC(Oc1cccc(C(F)(F)F)c1)C(C)O. The van der Waals surface area contributed by atoms with Gasteiger partial charge in [-0.2, -0.15) is 13.2 Å². The minimum Gasteiger partial charge on any atom is -0.471 e. The van der Waals surface area contributed by atoms with Gasteiger partial charge in [0.25, 0.3) is 0 Å². The maximum Gasteiger partial charge on any atom is 0.416 e. The average molecular weight is 264 g/mol. The molecule has 0 aliphatic rings. The van der Waals surface area contributed by atoms with Crippen molar-refractivity contribution >= 4 is 0 Å². The lowest BCUT2D eigenvalue weighted by Crippen LogP contribution is -2.48. The molecule has 102 valence electrons. The van der Waals surface area contributed by atoms with Crippen molar-refractivity contribution in [2.45, 2.75) is 25.4 Å². The predicted molar refractivity (Wildman–Crippen MR) is 59.7 cm³/mol. The van der Waals surface area contributed by atoms with Gasteiger partial charge >= 0.3 is 6.18 Å². The molecule has 0 fully saturated rings. The third kappa shape index (κ3) is 4.17. The summed E-state index contributed by atoms with van der Waals surface area (Å²) in [4.78, 5) is 0. The first-order chi connectivity index (χ1) is 8.34. The maximum atomic E-state index is 12.5. The number of halogens is 3. The van der Waals surface area contributed by atoms with Crippen LogP contribution in [0.4, 0.5) is 13.2 Å². The predicted octanol–water partition coefficient (Wildman–Crippen LogP) is 1.52. The van der Waals surface area contributed by atoms with Gasteiger partial charge in [0.1, 0.15) is 11.9 Å². The summed E-state index contributed by atoms with van der Waals surface area (Å²) in [5.74, 6) is 0.0264. The lowest BCUT2D eigenvalue weighted by Gasteiger charge is -2.22. The quantitative estimate of drug-likeness (QED) is 0.557. The minimum atomic E-state index is -4.42. The van der Waals surface area contributed by atoms with Crippen molar-refractivity contribution < 1.29 is 23.0 Å². The van der Waals surface area contributed by atoms with E-state index in [-0.39, 0.29) is 5.75 Å². The van der Waals surface area contributed by atoms with Crippen LogP contribution in [-0.4, -0.2) is 24.5 Å². The van der Waals surface area contributed by atoms with E-state index in [0.717, 1.165) is 12.1 Å². The van der Waals surface area contributed by atoms with E-state index in [9.17, 15) is 18.3 Å². The Morgan fingerprint density at radius 2 is 2.00 bits per heavy atom. The second kappa shape index (κ2) is 6.03. The van der Waals surface area contributed by atoms with Crippen molar-refractivity contribution in [1.29, 1.82) is 0 Å². The third-order valence-electron chi connectivity index (χ3n) is 2.15. The van der Waals surface area contributed by atoms with E-state index in [0.29, 0.717) is 0 Å². The number of aliphatic hydroxyl groups excluding tert-OH is 1. The van der Waals surface area contributed by atoms with Gasteiger partial charge in [0.05, 0.1) is 5.56 Å². The van der Waals surface area contributed by atoms with Crippen LogP contribution in [0.1, 0.15) is 12.5 Å². The monoisotopic (exact) mass is 264 g/mol. The second-order valence-electron chi connectivity index (χ2n) is 3.70. The molecule has 2 atom stereocenters. The molecule has 2 unspecified atom stereocenters. The summed E-state index contributed by atoms with van der Waals surface area (Å²) < 4.78 is 42.7. The first kappa shape index (κ1) is 14.7. The van der Waals surface area contributed by atoms with Gasteiger partial charge in [0.2, 0.25) is 0 Å². The van der Waals surface area contributed by atoms with Crippen LogP contribution < -0.4 is 15.6 Å². The zero-order valence-corrected chi connectivity index (χ0v) is 9.95. The number of alkyl halides is 3. The Morgan fingerprint density at radius 1 is 1.33 bits per heavy atom. The summed E-state index contributed by atoms with van der Waals surface area (Å²) in [5.41, 5.74) is 4.34. The van der Waals surface area contributed by atoms with Gasteiger partial charge in [-0.15, -0.1) is 0 Å². The Bertz CT molecular complexity index is 383. The smallest absolute Gasteiger partial charge is 0.416 e. The first-order valence-corrected chi connectivity index (χ1v) is 5.29. The average Bonchev–Trinajstić information content (AvgIpc) is 2.27. The molecule has 0 amide bonds. The second-order valence-corrected chi connectivity index (χ2v) is 3.70. The van der Waals surface area contributed by atoms with Crippen molar-refractivity contribution in [2.24, 2.45) is 0 Å². The summed E-state index contributed by atoms with van der Waals surface area (Å²) in [6, 6.07) is 4.47. The van der Waals surface area contributed by atoms with Crippen LogP contribution in [0.5, 0.6) is 5.75 Å². The molecule has 0 bridgehead atoms. The fraction of sp³-hybridized carbons (Fsp3) is 0.455. The van der Waals surface area contributed by atoms with Crippen molar-refractivity contribution in [3.8, 4) is 5.75 Å². The topological polar surface area (TPSA) is 53.5 Å². The summed E-state index contributed by atoms with van der Waals surface area (Å²) in [6.45, 7) is 1.46. The number of aliphatic hydroxyl groups is 1. The lowest BCUT2D eigenvalue weighted by molar-refractivity contribution is -0.137. The molecule has 0 heterocycles. The Kier molecular flexibility index (Phi) is 4.94. The van der Waals surface area contributed by atoms with Crippen LogP contribution in [-0.2, 0) is 6.18 Å². The van der Waals surface area contributed by atoms with Gasteiger partial charge in [-0.25, -0.2) is 5.43 Å². The van der Waals surface area contributed by atoms with E-state index in [1.165, 1.54) is 19.1 Å². The zero-order chi connectivity index (χ0) is 13.8. The van der Waals surface area contributed by atoms with E-state index in [4.69, 9.17) is 4.74 Å². The fourth-order valence-corrected chi connectivity index (χ4v) is 1.28. The molecule has 0 aromatic heterocycles. The summed E-state index contributed by atoms with van der Waals surface area (Å²) in [6.07, 6.45) is -6.17. The molecule has 1 rings (SSSR count). The lowest BCUT2D eigenvalue weighted by atomic mass is 10.2. The Balaban J connectivity index is 2.83. The van der Waals surface area contributed by atoms with Gasteiger partial charge in [-0.1, -0.05) is 6.07 Å². The number of hydrogen-bond donors (Lipinski definition) is 3. The largest absolute Gasteiger partial charge is 0.471 e. The van der Waals surface area contributed by atoms with E-state index < -0.39 is 24.1 Å². The number of benzene rings is 1. The molecule has 0 aliphatic carbocycles. The summed E-state index contributed by atoms with van der Waals surface area (Å²) in [7, 11) is 1.56. The van der Waals surface area contributed by atoms with Gasteiger partial charge in [-0.3, -0.25) is 5.43 Å². The number of rotatable bonds is 5. The highest BCUT2D eigenvalue weighted by Gasteiger charge is 2.30. The molecule has 3 N–H and O–H groups in total. The summed E-state index contributed by atoms with van der Waals surface area (Å²) >= 11 is 0. The number of hydrazine groups is 1. The normalized spacial score (nSPS) is 15.2. The highest BCUT2D eigenvalue weighted by molar-refractivity contribution is 5.30. The molecular weight excluding hydrogens is 249 g/mol. The molecule has 0 saturated heterocycles. The standard InChI is InChI=1S/C11H15F3N2O2/c1-7(17)10(16-15-2)18-9-5-3-4-8(6-9)11(12,13)14/h3-7,10,15-17H,1-2H3. The van der Waals surface area contributed by atoms with E-state index >= 15 is 0 Å². The molecule has 0 aliphatic heterocycles. The van der Waals surface area contributed by atoms with Gasteiger partial charge in [-0.05, 0) is 32.2 Å². The Hall–Kier alpha value is -1.31. The van der Waals surface area contributed by atoms with Crippen LogP contribution in [0, 0.1) is 0 Å². The number of nitrogens with one attached hydrogen (secondary N) is 2. The summed E-state index contributed by atoms with van der Waals surface area (Å²) in [5, 5.41) is 9.38. The third-order valence-corrected chi connectivity index (χ3v) is 2.15. The van der Waals surface area contributed by atoms with Crippen LogP contribution >= 0.6 is 0 Å². The molecule has 18 heavy (non-hydrogen) atoms. The minimum absolute atomic E-state index is 0.0264. The number of hydrogen-bond acceptors (Lipinski definition) is 4. The van der Waals surface area contributed by atoms with E-state index in [2.05, 4.69) is 10.9 Å². The van der Waals surface area contributed by atoms with Crippen LogP contribution in [0.2, 0.25) is 0 Å². The highest BCUT2D eigenvalue weighted by atomic mass is 19.4. The van der Waals surface area contributed by atoms with E-state index in [1.807, 2.05) is 0 Å². The fourth-order valence-electron chi connectivity index (χ4n) is 1.28. The number of ether oxygens (including phenoxy) is 1. The Morgan fingerprint density at radius 3 is 2.50 bits per heavy atom. The molecule has 0 saturated carbocycles.